The summed E-state index contributed by atoms with van der Waals surface area (Å²) in [7, 11) is 0. The zero-order chi connectivity index (χ0) is 13.8. The fourth-order valence-electron chi connectivity index (χ4n) is 1.68. The Morgan fingerprint density at radius 2 is 2.16 bits per heavy atom. The zero-order valence-corrected chi connectivity index (χ0v) is 12.2. The molecule has 100 valence electrons. The maximum absolute atomic E-state index is 11.7. The molecule has 2 N–H and O–H groups in total. The second kappa shape index (κ2) is 5.93. The van der Waals surface area contributed by atoms with Crippen LogP contribution in [-0.2, 0) is 6.54 Å². The summed E-state index contributed by atoms with van der Waals surface area (Å²) in [4.78, 5) is 11.7. The number of pyridine rings is 1. The number of ether oxygens (including phenoxy) is 1. The first-order chi connectivity index (χ1) is 9.06. The first-order valence-electron chi connectivity index (χ1n) is 5.91. The normalized spacial score (nSPS) is 10.4. The monoisotopic (exact) mass is 322 g/mol. The number of aromatic nitrogens is 1. The van der Waals surface area contributed by atoms with Crippen LogP contribution in [-0.4, -0.2) is 11.2 Å². The first kappa shape index (κ1) is 13.7. The van der Waals surface area contributed by atoms with Gasteiger partial charge in [0.25, 0.3) is 5.56 Å². The van der Waals surface area contributed by atoms with Gasteiger partial charge in [-0.1, -0.05) is 22.0 Å². The van der Waals surface area contributed by atoms with E-state index in [-0.39, 0.29) is 5.56 Å². The molecule has 1 heterocycles. The Balaban J connectivity index is 2.00. The van der Waals surface area contributed by atoms with Crippen LogP contribution in [0.4, 0.5) is 5.69 Å². The van der Waals surface area contributed by atoms with Crippen molar-refractivity contribution in [1.82, 2.24) is 4.57 Å². The van der Waals surface area contributed by atoms with Gasteiger partial charge >= 0.3 is 0 Å². The number of anilines is 1. The fraction of sp³-hybridized carbons (Fsp3) is 0.214. The number of benzene rings is 1. The van der Waals surface area contributed by atoms with Crippen molar-refractivity contribution in [2.45, 2.75) is 13.5 Å². The molecule has 1 aromatic heterocycles. The molecule has 0 fully saturated rings. The average molecular weight is 323 g/mol. The topological polar surface area (TPSA) is 57.2 Å². The summed E-state index contributed by atoms with van der Waals surface area (Å²) in [5, 5.41) is 0. The van der Waals surface area contributed by atoms with Crippen LogP contribution in [0.25, 0.3) is 0 Å². The molecule has 0 saturated heterocycles. The lowest BCUT2D eigenvalue weighted by Crippen LogP contribution is -2.23. The number of rotatable bonds is 4. The summed E-state index contributed by atoms with van der Waals surface area (Å²) in [5.74, 6) is 0.766. The highest BCUT2D eigenvalue weighted by atomic mass is 79.9. The minimum Gasteiger partial charge on any atom is -0.492 e. The maximum atomic E-state index is 11.7. The molecule has 0 bridgehead atoms. The Hall–Kier alpha value is -1.75. The lowest BCUT2D eigenvalue weighted by Gasteiger charge is -2.10. The van der Waals surface area contributed by atoms with Crippen LogP contribution < -0.4 is 16.0 Å². The number of hydrogen-bond donors (Lipinski definition) is 1. The van der Waals surface area contributed by atoms with Crippen LogP contribution in [0.2, 0.25) is 0 Å². The third kappa shape index (κ3) is 3.61. The summed E-state index contributed by atoms with van der Waals surface area (Å²) >= 11 is 3.38. The van der Waals surface area contributed by atoms with Crippen molar-refractivity contribution >= 4 is 21.6 Å². The van der Waals surface area contributed by atoms with Gasteiger partial charge in [0.1, 0.15) is 12.4 Å². The van der Waals surface area contributed by atoms with Crippen LogP contribution in [0.3, 0.4) is 0 Å². The zero-order valence-electron chi connectivity index (χ0n) is 10.6. The highest BCUT2D eigenvalue weighted by molar-refractivity contribution is 9.10. The number of nitrogen functional groups attached to an aromatic ring is 1. The lowest BCUT2D eigenvalue weighted by molar-refractivity contribution is 0.296. The number of nitrogens with zero attached hydrogens (tertiary/aromatic N) is 1. The molecule has 0 radical (unpaired) electrons. The van der Waals surface area contributed by atoms with Crippen LogP contribution in [0.1, 0.15) is 5.56 Å². The SMILES string of the molecule is Cc1cc(=O)n(CCOc2cccc(Br)c2)cc1N. The number of halogens is 1. The minimum atomic E-state index is -0.0652. The van der Waals surface area contributed by atoms with Gasteiger partial charge < -0.3 is 15.0 Å². The van der Waals surface area contributed by atoms with Crippen LogP contribution >= 0.6 is 15.9 Å². The van der Waals surface area contributed by atoms with Gasteiger partial charge in [0.15, 0.2) is 0 Å². The molecule has 0 amide bonds. The van der Waals surface area contributed by atoms with Gasteiger partial charge in [-0.2, -0.15) is 0 Å². The van der Waals surface area contributed by atoms with Crippen molar-refractivity contribution in [3.05, 3.63) is 56.9 Å². The summed E-state index contributed by atoms with van der Waals surface area (Å²) < 4.78 is 8.10. The summed E-state index contributed by atoms with van der Waals surface area (Å²) in [6.45, 7) is 2.70. The second-order valence-corrected chi connectivity index (χ2v) is 5.16. The molecule has 0 atom stereocenters. The van der Waals surface area contributed by atoms with E-state index in [1.807, 2.05) is 31.2 Å². The summed E-state index contributed by atoms with van der Waals surface area (Å²) in [6, 6.07) is 9.12. The third-order valence-corrected chi connectivity index (χ3v) is 3.26. The van der Waals surface area contributed by atoms with Gasteiger partial charge in [-0.15, -0.1) is 0 Å². The van der Waals surface area contributed by atoms with Crippen LogP contribution in [0, 0.1) is 6.92 Å². The predicted octanol–water partition coefficient (Wildman–Crippen LogP) is 2.58. The van der Waals surface area contributed by atoms with Crippen molar-refractivity contribution in [3.63, 3.8) is 0 Å². The van der Waals surface area contributed by atoms with Crippen molar-refractivity contribution < 1.29 is 4.74 Å². The van der Waals surface area contributed by atoms with E-state index in [4.69, 9.17) is 10.5 Å². The van der Waals surface area contributed by atoms with Gasteiger partial charge in [-0.3, -0.25) is 4.79 Å². The molecule has 0 aliphatic carbocycles. The van der Waals surface area contributed by atoms with Gasteiger partial charge in [0.2, 0.25) is 0 Å². The van der Waals surface area contributed by atoms with Crippen molar-refractivity contribution in [1.29, 1.82) is 0 Å². The van der Waals surface area contributed by atoms with Crippen LogP contribution in [0.5, 0.6) is 5.75 Å². The maximum Gasteiger partial charge on any atom is 0.251 e. The molecule has 0 aliphatic rings. The molecular weight excluding hydrogens is 308 g/mol. The predicted molar refractivity (Wildman–Crippen MR) is 79.5 cm³/mol. The van der Waals surface area contributed by atoms with E-state index in [2.05, 4.69) is 15.9 Å². The van der Waals surface area contributed by atoms with Crippen molar-refractivity contribution in [3.8, 4) is 5.75 Å². The Labute approximate surface area is 119 Å². The van der Waals surface area contributed by atoms with E-state index in [9.17, 15) is 4.79 Å². The molecule has 0 aliphatic heterocycles. The molecule has 19 heavy (non-hydrogen) atoms. The Morgan fingerprint density at radius 3 is 2.89 bits per heavy atom. The quantitative estimate of drug-likeness (QED) is 0.941. The molecule has 1 aromatic carbocycles. The fourth-order valence-corrected chi connectivity index (χ4v) is 2.06. The van der Waals surface area contributed by atoms with E-state index < -0.39 is 0 Å². The third-order valence-electron chi connectivity index (χ3n) is 2.77. The van der Waals surface area contributed by atoms with E-state index in [1.54, 1.807) is 10.8 Å². The minimum absolute atomic E-state index is 0.0652. The van der Waals surface area contributed by atoms with E-state index in [0.717, 1.165) is 15.8 Å². The van der Waals surface area contributed by atoms with Gasteiger partial charge in [0.05, 0.1) is 12.2 Å². The van der Waals surface area contributed by atoms with Gasteiger partial charge in [-0.25, -0.2) is 0 Å². The average Bonchev–Trinajstić information content (AvgIpc) is 2.35. The molecule has 2 aromatic rings. The Morgan fingerprint density at radius 1 is 1.37 bits per heavy atom. The van der Waals surface area contributed by atoms with Gasteiger partial charge in [0, 0.05) is 16.7 Å². The summed E-state index contributed by atoms with van der Waals surface area (Å²) in [5.41, 5.74) is 7.13. The van der Waals surface area contributed by atoms with Crippen molar-refractivity contribution in [2.75, 3.05) is 12.3 Å². The van der Waals surface area contributed by atoms with E-state index >= 15 is 0 Å². The smallest absolute Gasteiger partial charge is 0.251 e. The van der Waals surface area contributed by atoms with E-state index in [1.165, 1.54) is 6.07 Å². The van der Waals surface area contributed by atoms with E-state index in [0.29, 0.717) is 18.8 Å². The largest absolute Gasteiger partial charge is 0.492 e. The number of hydrogen-bond acceptors (Lipinski definition) is 3. The van der Waals surface area contributed by atoms with Crippen molar-refractivity contribution in [2.24, 2.45) is 0 Å². The Kier molecular flexibility index (Phi) is 4.27. The van der Waals surface area contributed by atoms with Crippen LogP contribution in [0.15, 0.2) is 45.8 Å². The molecule has 4 nitrogen and oxygen atoms in total. The number of nitrogens with two attached hydrogens (primary N) is 1. The highest BCUT2D eigenvalue weighted by Crippen LogP contribution is 2.17. The lowest BCUT2D eigenvalue weighted by atomic mass is 10.2. The summed E-state index contributed by atoms with van der Waals surface area (Å²) in [6.07, 6.45) is 1.65. The first-order valence-corrected chi connectivity index (χ1v) is 6.70. The Bertz CT molecular complexity index is 638. The second-order valence-electron chi connectivity index (χ2n) is 4.25. The standard InChI is InChI=1S/C14H15BrN2O2/c1-10-7-14(18)17(9-13(10)16)5-6-19-12-4-2-3-11(15)8-12/h2-4,7-9H,5-6,16H2,1H3. The molecule has 5 heteroatoms. The van der Waals surface area contributed by atoms with Gasteiger partial charge in [-0.05, 0) is 30.7 Å². The molecule has 2 rings (SSSR count). The number of aryl methyl sites for hydroxylation is 1. The highest BCUT2D eigenvalue weighted by Gasteiger charge is 2.01. The molecular formula is C14H15BrN2O2. The molecule has 0 saturated carbocycles. The molecule has 0 spiro atoms. The molecule has 0 unspecified atom stereocenters.